The number of hydrogen-bond donors (Lipinski definition) is 2. The van der Waals surface area contributed by atoms with Crippen LogP contribution in [0.1, 0.15) is 68.2 Å². The van der Waals surface area contributed by atoms with Gasteiger partial charge in [-0.25, -0.2) is 4.98 Å². The van der Waals surface area contributed by atoms with E-state index in [-0.39, 0.29) is 6.04 Å². The first-order chi connectivity index (χ1) is 18.2. The molecule has 1 aliphatic carbocycles. The fraction of sp³-hybridized carbons (Fsp3) is 0.548. The molecule has 1 aromatic heterocycles. The van der Waals surface area contributed by atoms with Crippen LogP contribution in [0.3, 0.4) is 0 Å². The molecule has 196 valence electrons. The van der Waals surface area contributed by atoms with Gasteiger partial charge in [-0.2, -0.15) is 0 Å². The van der Waals surface area contributed by atoms with Gasteiger partial charge in [0.05, 0.1) is 11.0 Å². The average Bonchev–Trinajstić information content (AvgIpc) is 3.55. The molecule has 6 rings (SSSR count). The molecule has 6 heteroatoms. The second-order valence-electron chi connectivity index (χ2n) is 11.6. The largest absolute Gasteiger partial charge is 0.480 e. The van der Waals surface area contributed by atoms with Crippen LogP contribution >= 0.6 is 0 Å². The number of nitrogens with one attached hydrogen (secondary N) is 1. The van der Waals surface area contributed by atoms with Gasteiger partial charge >= 0.3 is 5.97 Å². The Bertz CT molecular complexity index is 1150. The molecule has 0 spiro atoms. The van der Waals surface area contributed by atoms with Crippen LogP contribution in [-0.2, 0) is 4.79 Å². The van der Waals surface area contributed by atoms with Gasteiger partial charge in [0.15, 0.2) is 0 Å². The summed E-state index contributed by atoms with van der Waals surface area (Å²) >= 11 is 0. The van der Waals surface area contributed by atoms with Gasteiger partial charge in [0, 0.05) is 31.5 Å². The van der Waals surface area contributed by atoms with Crippen molar-refractivity contribution in [3.63, 3.8) is 0 Å². The van der Waals surface area contributed by atoms with Gasteiger partial charge < -0.3 is 15.0 Å². The monoisotopic (exact) mass is 500 g/mol. The molecule has 0 bridgehead atoms. The normalized spacial score (nSPS) is 25.5. The Morgan fingerprint density at radius 2 is 1.68 bits per heavy atom. The van der Waals surface area contributed by atoms with Crippen LogP contribution in [0.25, 0.3) is 11.0 Å². The summed E-state index contributed by atoms with van der Waals surface area (Å²) in [5, 5.41) is 10.3. The predicted octanol–water partition coefficient (Wildman–Crippen LogP) is 5.49. The molecule has 3 aromatic rings. The summed E-state index contributed by atoms with van der Waals surface area (Å²) in [6, 6.07) is 18.8. The molecule has 3 aliphatic rings. The summed E-state index contributed by atoms with van der Waals surface area (Å²) in [6.07, 6.45) is 7.95. The van der Waals surface area contributed by atoms with Gasteiger partial charge in [0.2, 0.25) is 0 Å². The maximum Gasteiger partial charge on any atom is 0.321 e. The Balaban J connectivity index is 1.14. The first kappa shape index (κ1) is 24.6. The lowest BCUT2D eigenvalue weighted by Gasteiger charge is -2.35. The average molecular weight is 501 g/mol. The molecule has 6 nitrogen and oxygen atoms in total. The van der Waals surface area contributed by atoms with Crippen molar-refractivity contribution < 1.29 is 9.90 Å². The fourth-order valence-corrected chi connectivity index (χ4v) is 7.39. The number of likely N-dealkylation sites (tertiary alicyclic amines) is 2. The Morgan fingerprint density at radius 3 is 2.41 bits per heavy atom. The number of fused-ring (bicyclic) bond motifs is 1. The summed E-state index contributed by atoms with van der Waals surface area (Å²) in [6.45, 7) is 4.93. The van der Waals surface area contributed by atoms with Crippen LogP contribution in [0.15, 0.2) is 54.6 Å². The van der Waals surface area contributed by atoms with Gasteiger partial charge in [-0.3, -0.25) is 9.69 Å². The minimum Gasteiger partial charge on any atom is -0.480 e. The standard InChI is InChI=1S/C31H40N4O2/c36-31(37)29(23-11-5-2-6-12-23)35-20-25(26(21-35)22-9-3-1-4-10-22)19-34-17-15-24(16-18-34)30-32-27-13-7-8-14-28(27)33-30/h1,3-4,7-10,13-14,23-26,29H,2,5-6,11-12,15-21H2,(H,32,33)(H,36,37)/t25-,26?,29+/m0/s1. The maximum atomic E-state index is 12.5. The molecule has 1 unspecified atom stereocenters. The summed E-state index contributed by atoms with van der Waals surface area (Å²) in [5.74, 6) is 2.13. The summed E-state index contributed by atoms with van der Waals surface area (Å²) in [4.78, 5) is 25.9. The lowest BCUT2D eigenvalue weighted by Crippen LogP contribution is -2.46. The highest BCUT2D eigenvalue weighted by molar-refractivity contribution is 5.75. The summed E-state index contributed by atoms with van der Waals surface area (Å²) in [5.41, 5.74) is 3.55. The molecule has 37 heavy (non-hydrogen) atoms. The van der Waals surface area contributed by atoms with Crippen molar-refractivity contribution in [1.29, 1.82) is 0 Å². The fourth-order valence-electron chi connectivity index (χ4n) is 7.39. The highest BCUT2D eigenvalue weighted by atomic mass is 16.4. The van der Waals surface area contributed by atoms with E-state index in [0.717, 1.165) is 75.3 Å². The van der Waals surface area contributed by atoms with E-state index in [9.17, 15) is 9.90 Å². The van der Waals surface area contributed by atoms with Crippen molar-refractivity contribution in [3.8, 4) is 0 Å². The lowest BCUT2D eigenvalue weighted by molar-refractivity contribution is -0.145. The zero-order valence-electron chi connectivity index (χ0n) is 21.8. The first-order valence-electron chi connectivity index (χ1n) is 14.3. The van der Waals surface area contributed by atoms with Crippen LogP contribution < -0.4 is 0 Å². The van der Waals surface area contributed by atoms with E-state index >= 15 is 0 Å². The summed E-state index contributed by atoms with van der Waals surface area (Å²) < 4.78 is 0. The van der Waals surface area contributed by atoms with Crippen molar-refractivity contribution in [2.24, 2.45) is 11.8 Å². The topological polar surface area (TPSA) is 72.5 Å². The van der Waals surface area contributed by atoms with Crippen LogP contribution in [-0.4, -0.2) is 69.6 Å². The Morgan fingerprint density at radius 1 is 0.946 bits per heavy atom. The molecular weight excluding hydrogens is 460 g/mol. The second kappa shape index (κ2) is 11.0. The number of carboxylic acids is 1. The molecule has 1 saturated carbocycles. The molecule has 2 aromatic carbocycles. The van der Waals surface area contributed by atoms with Crippen molar-refractivity contribution in [2.75, 3.05) is 32.7 Å². The number of aromatic nitrogens is 2. The number of hydrogen-bond acceptors (Lipinski definition) is 4. The minimum atomic E-state index is -0.619. The predicted molar refractivity (Wildman–Crippen MR) is 147 cm³/mol. The smallest absolute Gasteiger partial charge is 0.321 e. The van der Waals surface area contributed by atoms with Gasteiger partial charge in [-0.1, -0.05) is 61.7 Å². The van der Waals surface area contributed by atoms with E-state index < -0.39 is 5.97 Å². The number of imidazole rings is 1. The molecule has 2 aliphatic heterocycles. The number of rotatable bonds is 7. The van der Waals surface area contributed by atoms with Crippen LogP contribution in [0.5, 0.6) is 0 Å². The van der Waals surface area contributed by atoms with E-state index in [4.69, 9.17) is 4.98 Å². The van der Waals surface area contributed by atoms with E-state index in [1.165, 1.54) is 24.8 Å². The Kier molecular flexibility index (Phi) is 7.30. The lowest BCUT2D eigenvalue weighted by atomic mass is 9.83. The highest BCUT2D eigenvalue weighted by Gasteiger charge is 2.43. The van der Waals surface area contributed by atoms with Crippen LogP contribution in [0, 0.1) is 11.8 Å². The van der Waals surface area contributed by atoms with Crippen LogP contribution in [0.2, 0.25) is 0 Å². The van der Waals surface area contributed by atoms with Gasteiger partial charge in [-0.15, -0.1) is 0 Å². The van der Waals surface area contributed by atoms with E-state index in [0.29, 0.717) is 23.7 Å². The van der Waals surface area contributed by atoms with Crippen molar-refractivity contribution in [1.82, 2.24) is 19.8 Å². The van der Waals surface area contributed by atoms with Crippen molar-refractivity contribution in [3.05, 3.63) is 66.0 Å². The highest BCUT2D eigenvalue weighted by Crippen LogP contribution is 2.39. The number of para-hydroxylation sites is 2. The number of aromatic amines is 1. The molecule has 3 heterocycles. The number of carboxylic acid groups (broad SMARTS) is 1. The van der Waals surface area contributed by atoms with Gasteiger partial charge in [-0.05, 0) is 68.3 Å². The zero-order chi connectivity index (χ0) is 25.2. The third-order valence-electron chi connectivity index (χ3n) is 9.31. The Hall–Kier alpha value is -2.70. The number of benzene rings is 2. The van der Waals surface area contributed by atoms with Gasteiger partial charge in [0.1, 0.15) is 11.9 Å². The van der Waals surface area contributed by atoms with E-state index in [1.54, 1.807) is 0 Å². The molecular formula is C31H40N4O2. The maximum absolute atomic E-state index is 12.5. The number of carbonyl (C=O) groups is 1. The van der Waals surface area contributed by atoms with Crippen molar-refractivity contribution in [2.45, 2.75) is 62.8 Å². The number of H-pyrrole nitrogens is 1. The van der Waals surface area contributed by atoms with Crippen LogP contribution in [0.4, 0.5) is 0 Å². The van der Waals surface area contributed by atoms with E-state index in [2.05, 4.69) is 63.3 Å². The third-order valence-corrected chi connectivity index (χ3v) is 9.31. The number of aliphatic carboxylic acids is 1. The number of piperidine rings is 1. The minimum absolute atomic E-state index is 0.293. The third kappa shape index (κ3) is 5.32. The molecule has 0 amide bonds. The molecule has 3 atom stereocenters. The molecule has 2 N–H and O–H groups in total. The first-order valence-corrected chi connectivity index (χ1v) is 14.3. The molecule has 0 radical (unpaired) electrons. The Labute approximate surface area is 220 Å². The molecule has 2 saturated heterocycles. The van der Waals surface area contributed by atoms with Crippen molar-refractivity contribution >= 4 is 17.0 Å². The zero-order valence-corrected chi connectivity index (χ0v) is 21.8. The van der Waals surface area contributed by atoms with E-state index in [1.807, 2.05) is 6.07 Å². The quantitative estimate of drug-likeness (QED) is 0.449. The number of nitrogens with zero attached hydrogens (tertiary/aromatic N) is 3. The SMILES string of the molecule is O=C(O)[C@@H](C1CCCCC1)N1CC(c2ccccc2)[C@@H](CN2CCC(c3nc4ccccc4[nH]3)CC2)C1. The summed E-state index contributed by atoms with van der Waals surface area (Å²) in [7, 11) is 0. The van der Waals surface area contributed by atoms with Gasteiger partial charge in [0.25, 0.3) is 0 Å². The second-order valence-corrected chi connectivity index (χ2v) is 11.6. The molecule has 3 fully saturated rings.